The van der Waals surface area contributed by atoms with E-state index in [1.807, 2.05) is 30.3 Å². The number of ether oxygens (including phenoxy) is 2. The standard InChI is InChI=1S/C28H34N8O3/c29-25(20-6-2-1-3-7-20)21-8-4-5-9-23(21)35-24(37)18-34-28(32)39-27(31)22(17-33-16-19-10-11-19)26(30)36-12-14-38-15-13-36/h1-9,17,19,29-31,33H,10-16,18H2,(H2,32,34)(H,35,37)/b22-17+,29-25?,30-26?,31-27?. The van der Waals surface area contributed by atoms with E-state index in [0.29, 0.717) is 43.5 Å². The number of nitrogens with zero attached hydrogens (tertiary/aromatic N) is 1. The van der Waals surface area contributed by atoms with Gasteiger partial charge in [-0.3, -0.25) is 26.4 Å². The Balaban J connectivity index is 1.32. The lowest BCUT2D eigenvalue weighted by Gasteiger charge is -2.30. The minimum absolute atomic E-state index is 0.120. The number of amides is 1. The number of para-hydroxylation sites is 1. The van der Waals surface area contributed by atoms with E-state index in [4.69, 9.17) is 31.1 Å². The van der Waals surface area contributed by atoms with Gasteiger partial charge in [-0.1, -0.05) is 48.5 Å². The van der Waals surface area contributed by atoms with E-state index in [-0.39, 0.29) is 29.6 Å². The Labute approximate surface area is 227 Å². The highest BCUT2D eigenvalue weighted by atomic mass is 16.5. The third-order valence-electron chi connectivity index (χ3n) is 6.32. The van der Waals surface area contributed by atoms with Gasteiger partial charge in [-0.2, -0.15) is 0 Å². The summed E-state index contributed by atoms with van der Waals surface area (Å²) in [4.78, 5) is 14.5. The van der Waals surface area contributed by atoms with Crippen molar-refractivity contribution >= 4 is 35.1 Å². The van der Waals surface area contributed by atoms with Crippen LogP contribution in [0.3, 0.4) is 0 Å². The Bertz CT molecular complexity index is 1250. The minimum atomic E-state index is -0.483. The van der Waals surface area contributed by atoms with Crippen molar-refractivity contribution in [3.8, 4) is 0 Å². The topological polar surface area (TPSA) is 170 Å². The van der Waals surface area contributed by atoms with Gasteiger partial charge in [0.1, 0.15) is 5.84 Å². The number of benzene rings is 2. The van der Waals surface area contributed by atoms with Crippen LogP contribution in [0.4, 0.5) is 5.69 Å². The number of rotatable bonds is 10. The van der Waals surface area contributed by atoms with Crippen LogP contribution >= 0.6 is 0 Å². The van der Waals surface area contributed by atoms with E-state index in [1.54, 1.807) is 35.4 Å². The van der Waals surface area contributed by atoms with Crippen LogP contribution in [0.2, 0.25) is 0 Å². The summed E-state index contributed by atoms with van der Waals surface area (Å²) in [5.41, 5.74) is 2.27. The highest BCUT2D eigenvalue weighted by Crippen LogP contribution is 2.27. The van der Waals surface area contributed by atoms with E-state index in [0.717, 1.165) is 12.1 Å². The average molecular weight is 531 g/mol. The lowest BCUT2D eigenvalue weighted by atomic mass is 10.0. The van der Waals surface area contributed by atoms with Crippen molar-refractivity contribution in [2.75, 3.05) is 44.7 Å². The van der Waals surface area contributed by atoms with Gasteiger partial charge in [0, 0.05) is 37.0 Å². The summed E-state index contributed by atoms with van der Waals surface area (Å²) in [6.07, 6.45) is 3.93. The summed E-state index contributed by atoms with van der Waals surface area (Å²) in [6.45, 7) is 2.54. The fourth-order valence-electron chi connectivity index (χ4n) is 3.97. The first-order valence-corrected chi connectivity index (χ1v) is 12.9. The maximum absolute atomic E-state index is 12.6. The predicted molar refractivity (Wildman–Crippen MR) is 151 cm³/mol. The molecule has 0 spiro atoms. The molecule has 0 atom stereocenters. The monoisotopic (exact) mass is 530 g/mol. The van der Waals surface area contributed by atoms with Crippen LogP contribution < -0.4 is 16.0 Å². The van der Waals surface area contributed by atoms with Crippen LogP contribution in [0.1, 0.15) is 24.0 Å². The zero-order valence-corrected chi connectivity index (χ0v) is 21.7. The molecule has 0 aromatic heterocycles. The molecule has 0 radical (unpaired) electrons. The Morgan fingerprint density at radius 2 is 1.69 bits per heavy atom. The van der Waals surface area contributed by atoms with Gasteiger partial charge in [0.2, 0.25) is 11.8 Å². The highest BCUT2D eigenvalue weighted by molar-refractivity contribution is 6.20. The number of morpholine rings is 1. The second-order valence-electron chi connectivity index (χ2n) is 9.31. The molecule has 2 aromatic rings. The molecule has 0 unspecified atom stereocenters. The number of carbonyl (C=O) groups is 1. The van der Waals surface area contributed by atoms with Crippen molar-refractivity contribution in [1.82, 2.24) is 15.5 Å². The normalized spacial score (nSPS) is 15.2. The van der Waals surface area contributed by atoms with Gasteiger partial charge < -0.3 is 30.3 Å². The van der Waals surface area contributed by atoms with Crippen LogP contribution in [-0.4, -0.2) is 73.7 Å². The second kappa shape index (κ2) is 13.3. The highest BCUT2D eigenvalue weighted by Gasteiger charge is 2.24. The predicted octanol–water partition coefficient (Wildman–Crippen LogP) is 2.75. The Hall–Kier alpha value is -4.51. The second-order valence-corrected chi connectivity index (χ2v) is 9.31. The van der Waals surface area contributed by atoms with Crippen LogP contribution in [0, 0.1) is 27.6 Å². The largest absolute Gasteiger partial charge is 0.407 e. The van der Waals surface area contributed by atoms with Crippen molar-refractivity contribution < 1.29 is 14.3 Å². The van der Waals surface area contributed by atoms with Gasteiger partial charge in [-0.15, -0.1) is 0 Å². The van der Waals surface area contributed by atoms with Crippen molar-refractivity contribution in [2.45, 2.75) is 12.8 Å². The first kappa shape index (κ1) is 27.5. The molecule has 2 aromatic carbocycles. The van der Waals surface area contributed by atoms with E-state index in [1.165, 1.54) is 12.8 Å². The third kappa shape index (κ3) is 7.99. The molecule has 1 saturated carbocycles. The number of hydrogen-bond acceptors (Lipinski definition) is 8. The van der Waals surface area contributed by atoms with Gasteiger partial charge in [0.25, 0.3) is 6.02 Å². The molecule has 1 heterocycles. The molecule has 1 aliphatic heterocycles. The van der Waals surface area contributed by atoms with Crippen LogP contribution in [0.5, 0.6) is 0 Å². The SMILES string of the molecule is N=C(NCC(=O)Nc1ccccc1C(=N)c1ccccc1)OC(=N)/C(=C/NCC1CC1)C(=N)N1CCOCC1. The molecule has 1 amide bonds. The Morgan fingerprint density at radius 1 is 1.00 bits per heavy atom. The number of hydrogen-bond donors (Lipinski definition) is 7. The molecule has 4 rings (SSSR count). The summed E-state index contributed by atoms with van der Waals surface area (Å²) < 4.78 is 10.7. The summed E-state index contributed by atoms with van der Waals surface area (Å²) in [6, 6.07) is 15.8. The third-order valence-corrected chi connectivity index (χ3v) is 6.32. The van der Waals surface area contributed by atoms with E-state index in [9.17, 15) is 4.79 Å². The molecule has 2 fully saturated rings. The minimum Gasteiger partial charge on any atom is -0.407 e. The number of carbonyl (C=O) groups excluding carboxylic acids is 1. The first-order valence-electron chi connectivity index (χ1n) is 12.9. The Morgan fingerprint density at radius 3 is 2.41 bits per heavy atom. The van der Waals surface area contributed by atoms with Gasteiger partial charge >= 0.3 is 0 Å². The first-order chi connectivity index (χ1) is 18.9. The van der Waals surface area contributed by atoms with Crippen molar-refractivity contribution in [3.05, 3.63) is 77.5 Å². The number of amidine groups is 2. The lowest BCUT2D eigenvalue weighted by Crippen LogP contribution is -2.43. The van der Waals surface area contributed by atoms with Gasteiger partial charge in [-0.05, 0) is 24.8 Å². The van der Waals surface area contributed by atoms with Gasteiger partial charge in [-0.25, -0.2) is 0 Å². The van der Waals surface area contributed by atoms with Crippen molar-refractivity contribution in [2.24, 2.45) is 5.92 Å². The molecule has 1 aliphatic carbocycles. The van der Waals surface area contributed by atoms with E-state index in [2.05, 4.69) is 16.0 Å². The van der Waals surface area contributed by atoms with E-state index < -0.39 is 11.9 Å². The van der Waals surface area contributed by atoms with Crippen LogP contribution in [-0.2, 0) is 14.3 Å². The molecular formula is C28H34N8O3. The van der Waals surface area contributed by atoms with Gasteiger partial charge in [0.05, 0.1) is 36.7 Å². The van der Waals surface area contributed by atoms with Crippen LogP contribution in [0.25, 0.3) is 0 Å². The summed E-state index contributed by atoms with van der Waals surface area (Å²) in [5.74, 6) is -0.0784. The molecule has 1 saturated heterocycles. The van der Waals surface area contributed by atoms with Crippen molar-refractivity contribution in [3.63, 3.8) is 0 Å². The molecule has 11 nitrogen and oxygen atoms in total. The quantitative estimate of drug-likeness (QED) is 0.184. The van der Waals surface area contributed by atoms with Gasteiger partial charge in [0.15, 0.2) is 0 Å². The zero-order valence-electron chi connectivity index (χ0n) is 21.7. The zero-order chi connectivity index (χ0) is 27.6. The summed E-state index contributed by atoms with van der Waals surface area (Å²) >= 11 is 0. The summed E-state index contributed by atoms with van der Waals surface area (Å²) in [7, 11) is 0. The number of nitrogens with one attached hydrogen (secondary N) is 7. The lowest BCUT2D eigenvalue weighted by molar-refractivity contribution is -0.115. The molecule has 39 heavy (non-hydrogen) atoms. The Kier molecular flexibility index (Phi) is 9.41. The fraction of sp³-hybridized carbons (Fsp3) is 0.321. The molecule has 2 aliphatic rings. The number of anilines is 1. The van der Waals surface area contributed by atoms with E-state index >= 15 is 0 Å². The maximum Gasteiger partial charge on any atom is 0.289 e. The molecular weight excluding hydrogens is 496 g/mol. The summed E-state index contributed by atoms with van der Waals surface area (Å²) in [5, 5.41) is 42.2. The maximum atomic E-state index is 12.6. The molecule has 7 N–H and O–H groups in total. The smallest absolute Gasteiger partial charge is 0.289 e. The molecule has 204 valence electrons. The van der Waals surface area contributed by atoms with Crippen molar-refractivity contribution in [1.29, 1.82) is 21.6 Å². The fourth-order valence-corrected chi connectivity index (χ4v) is 3.97. The molecule has 0 bridgehead atoms. The average Bonchev–Trinajstić information content (AvgIpc) is 3.79. The molecule has 11 heteroatoms. The van der Waals surface area contributed by atoms with Crippen LogP contribution in [0.15, 0.2) is 66.4 Å².